The summed E-state index contributed by atoms with van der Waals surface area (Å²) in [5.41, 5.74) is 2.73. The molecule has 1 fully saturated rings. The Morgan fingerprint density at radius 3 is 2.41 bits per heavy atom. The zero-order chi connectivity index (χ0) is 18.8. The summed E-state index contributed by atoms with van der Waals surface area (Å²) >= 11 is 0. The van der Waals surface area contributed by atoms with E-state index in [1.807, 2.05) is 31.1 Å². The number of hydrogen-bond acceptors (Lipinski definition) is 7. The topological polar surface area (TPSA) is 72.2 Å². The maximum absolute atomic E-state index is 8.91. The molecule has 2 aromatic heterocycles. The van der Waals surface area contributed by atoms with Crippen LogP contribution in [0.5, 0.6) is 0 Å². The second kappa shape index (κ2) is 7.08. The molecule has 1 aliphatic heterocycles. The fourth-order valence-corrected chi connectivity index (χ4v) is 3.42. The average Bonchev–Trinajstić information content (AvgIpc) is 2.73. The molecule has 0 spiro atoms. The molecule has 1 aliphatic rings. The minimum absolute atomic E-state index is 0.590. The molecule has 0 amide bonds. The van der Waals surface area contributed by atoms with Crippen LogP contribution in [0.3, 0.4) is 0 Å². The molecular weight excluding hydrogens is 338 g/mol. The predicted molar refractivity (Wildman–Crippen MR) is 107 cm³/mol. The van der Waals surface area contributed by atoms with Crippen LogP contribution in [0.4, 0.5) is 17.3 Å². The van der Waals surface area contributed by atoms with Gasteiger partial charge >= 0.3 is 0 Å². The number of pyridine rings is 1. The van der Waals surface area contributed by atoms with Gasteiger partial charge in [-0.1, -0.05) is 0 Å². The zero-order valence-electron chi connectivity index (χ0n) is 15.5. The molecule has 3 heterocycles. The predicted octanol–water partition coefficient (Wildman–Crippen LogP) is 2.29. The van der Waals surface area contributed by atoms with E-state index >= 15 is 0 Å². The quantitative estimate of drug-likeness (QED) is 0.710. The van der Waals surface area contributed by atoms with Crippen molar-refractivity contribution in [2.75, 3.05) is 55.0 Å². The molecule has 1 saturated heterocycles. The molecule has 1 aromatic carbocycles. The van der Waals surface area contributed by atoms with Gasteiger partial charge in [0.1, 0.15) is 24.0 Å². The highest BCUT2D eigenvalue weighted by molar-refractivity contribution is 5.91. The van der Waals surface area contributed by atoms with Gasteiger partial charge in [0, 0.05) is 57.5 Å². The summed E-state index contributed by atoms with van der Waals surface area (Å²) in [6.45, 7) is 3.61. The van der Waals surface area contributed by atoms with Crippen molar-refractivity contribution in [3.05, 3.63) is 48.4 Å². The third-order valence-electron chi connectivity index (χ3n) is 4.87. The molecule has 0 atom stereocenters. The molecule has 0 aliphatic carbocycles. The van der Waals surface area contributed by atoms with Gasteiger partial charge in [-0.05, 0) is 30.3 Å². The largest absolute Gasteiger partial charge is 0.368 e. The first-order chi connectivity index (χ1) is 13.2. The van der Waals surface area contributed by atoms with E-state index in [9.17, 15) is 0 Å². The summed E-state index contributed by atoms with van der Waals surface area (Å²) in [7, 11) is 4.00. The first kappa shape index (κ1) is 17.0. The fraction of sp³-hybridized carbons (Fsp3) is 0.300. The van der Waals surface area contributed by atoms with Crippen LogP contribution < -0.4 is 14.7 Å². The number of piperazine rings is 1. The van der Waals surface area contributed by atoms with Crippen molar-refractivity contribution in [2.45, 2.75) is 0 Å². The summed E-state index contributed by atoms with van der Waals surface area (Å²) in [5.74, 6) is 1.86. The second-order valence-corrected chi connectivity index (χ2v) is 6.78. The van der Waals surface area contributed by atoms with Gasteiger partial charge in [0.25, 0.3) is 0 Å². The first-order valence-corrected chi connectivity index (χ1v) is 8.94. The third-order valence-corrected chi connectivity index (χ3v) is 4.87. The standard InChI is InChI=1S/C20H21N7/c1-25(2)20-17-11-16(4-5-18(17)23-14-24-20)26-7-9-27(10-8-26)19-6-3-15(12-21)13-22-19/h3-6,11,13-14H,7-10H2,1-2H3. The summed E-state index contributed by atoms with van der Waals surface area (Å²) in [4.78, 5) is 19.9. The van der Waals surface area contributed by atoms with Crippen LogP contribution in [-0.4, -0.2) is 55.2 Å². The van der Waals surface area contributed by atoms with Crippen molar-refractivity contribution in [1.29, 1.82) is 5.26 Å². The molecule has 4 rings (SSSR count). The Kier molecular flexibility index (Phi) is 4.47. The number of nitrogens with zero attached hydrogens (tertiary/aromatic N) is 7. The lowest BCUT2D eigenvalue weighted by molar-refractivity contribution is 0.647. The number of anilines is 3. The van der Waals surface area contributed by atoms with E-state index in [1.54, 1.807) is 12.5 Å². The number of hydrogen-bond donors (Lipinski definition) is 0. The summed E-state index contributed by atoms with van der Waals surface area (Å²) in [6.07, 6.45) is 3.24. The average molecular weight is 359 g/mol. The Bertz CT molecular complexity index is 983. The number of rotatable bonds is 3. The normalized spacial score (nSPS) is 14.3. The highest BCUT2D eigenvalue weighted by Crippen LogP contribution is 2.27. The minimum atomic E-state index is 0.590. The zero-order valence-corrected chi connectivity index (χ0v) is 15.5. The van der Waals surface area contributed by atoms with Gasteiger partial charge in [0.15, 0.2) is 0 Å². The second-order valence-electron chi connectivity index (χ2n) is 6.78. The van der Waals surface area contributed by atoms with Crippen LogP contribution in [-0.2, 0) is 0 Å². The Hall–Kier alpha value is -3.40. The van der Waals surface area contributed by atoms with Gasteiger partial charge in [-0.25, -0.2) is 15.0 Å². The smallest absolute Gasteiger partial charge is 0.139 e. The minimum Gasteiger partial charge on any atom is -0.368 e. The van der Waals surface area contributed by atoms with E-state index in [0.29, 0.717) is 5.56 Å². The van der Waals surface area contributed by atoms with Crippen molar-refractivity contribution < 1.29 is 0 Å². The molecular formula is C20H21N7. The third kappa shape index (κ3) is 3.34. The first-order valence-electron chi connectivity index (χ1n) is 8.94. The molecule has 0 radical (unpaired) electrons. The Morgan fingerprint density at radius 1 is 0.963 bits per heavy atom. The fourth-order valence-electron chi connectivity index (χ4n) is 3.42. The van der Waals surface area contributed by atoms with Gasteiger partial charge in [0.2, 0.25) is 0 Å². The SMILES string of the molecule is CN(C)c1ncnc2ccc(N3CCN(c4ccc(C#N)cn4)CC3)cc12. The molecule has 0 saturated carbocycles. The van der Waals surface area contributed by atoms with Crippen molar-refractivity contribution in [2.24, 2.45) is 0 Å². The Balaban J connectivity index is 1.52. The van der Waals surface area contributed by atoms with E-state index < -0.39 is 0 Å². The monoisotopic (exact) mass is 359 g/mol. The Morgan fingerprint density at radius 2 is 1.74 bits per heavy atom. The van der Waals surface area contributed by atoms with E-state index in [2.05, 4.69) is 49.0 Å². The van der Waals surface area contributed by atoms with E-state index in [-0.39, 0.29) is 0 Å². The molecule has 0 bridgehead atoms. The molecule has 3 aromatic rings. The summed E-state index contributed by atoms with van der Waals surface area (Å²) in [5, 5.41) is 9.97. The van der Waals surface area contributed by atoms with Gasteiger partial charge in [-0.15, -0.1) is 0 Å². The van der Waals surface area contributed by atoms with Gasteiger partial charge in [-0.3, -0.25) is 0 Å². The maximum atomic E-state index is 8.91. The van der Waals surface area contributed by atoms with Crippen LogP contribution in [0.2, 0.25) is 0 Å². The molecule has 0 N–H and O–H groups in total. The van der Waals surface area contributed by atoms with Crippen LogP contribution >= 0.6 is 0 Å². The van der Waals surface area contributed by atoms with E-state index in [0.717, 1.165) is 48.7 Å². The van der Waals surface area contributed by atoms with Crippen LogP contribution in [0.1, 0.15) is 5.56 Å². The molecule has 7 heteroatoms. The van der Waals surface area contributed by atoms with Crippen molar-refractivity contribution in [3.63, 3.8) is 0 Å². The lowest BCUT2D eigenvalue weighted by Gasteiger charge is -2.36. The van der Waals surface area contributed by atoms with Crippen LogP contribution in [0.25, 0.3) is 10.9 Å². The number of benzene rings is 1. The molecule has 27 heavy (non-hydrogen) atoms. The van der Waals surface area contributed by atoms with Crippen molar-refractivity contribution in [3.8, 4) is 6.07 Å². The highest BCUT2D eigenvalue weighted by Gasteiger charge is 2.19. The summed E-state index contributed by atoms with van der Waals surface area (Å²) in [6, 6.07) is 12.2. The van der Waals surface area contributed by atoms with Crippen LogP contribution in [0.15, 0.2) is 42.9 Å². The molecule has 136 valence electrons. The molecule has 0 unspecified atom stereocenters. The number of nitriles is 1. The maximum Gasteiger partial charge on any atom is 0.139 e. The van der Waals surface area contributed by atoms with Gasteiger partial charge in [-0.2, -0.15) is 5.26 Å². The lowest BCUT2D eigenvalue weighted by Crippen LogP contribution is -2.46. The molecule has 7 nitrogen and oxygen atoms in total. The van der Waals surface area contributed by atoms with Crippen LogP contribution in [0, 0.1) is 11.3 Å². The van der Waals surface area contributed by atoms with E-state index in [1.165, 1.54) is 5.69 Å². The Labute approximate surface area is 158 Å². The summed E-state index contributed by atoms with van der Waals surface area (Å²) < 4.78 is 0. The number of fused-ring (bicyclic) bond motifs is 1. The van der Waals surface area contributed by atoms with Gasteiger partial charge < -0.3 is 14.7 Å². The van der Waals surface area contributed by atoms with Gasteiger partial charge in [0.05, 0.1) is 11.1 Å². The number of aromatic nitrogens is 3. The van der Waals surface area contributed by atoms with Crippen molar-refractivity contribution >= 4 is 28.2 Å². The lowest BCUT2D eigenvalue weighted by atomic mass is 10.1. The highest BCUT2D eigenvalue weighted by atomic mass is 15.3. The van der Waals surface area contributed by atoms with Crippen molar-refractivity contribution in [1.82, 2.24) is 15.0 Å². The van der Waals surface area contributed by atoms with E-state index in [4.69, 9.17) is 5.26 Å².